The lowest BCUT2D eigenvalue weighted by Gasteiger charge is -2.22. The number of hydrogen-bond acceptors (Lipinski definition) is 7. The second-order valence-electron chi connectivity index (χ2n) is 6.81. The maximum atomic E-state index is 12.6. The lowest BCUT2D eigenvalue weighted by atomic mass is 10.1. The molecule has 146 valence electrons. The standard InChI is InChI=1S/C20H18N6O3/c1-2-19(27)25(10-13-4-3-5-21-9-13)11-15-6-14-7-17-18(29-12-28-17)8-16(14)26-20(15)22-23-24-26/h3-9H,2,10-12H2,1H3. The van der Waals surface area contributed by atoms with Gasteiger partial charge in [0.1, 0.15) is 0 Å². The zero-order valence-electron chi connectivity index (χ0n) is 15.8. The molecular weight excluding hydrogens is 372 g/mol. The van der Waals surface area contributed by atoms with Gasteiger partial charge in [-0.25, -0.2) is 0 Å². The zero-order chi connectivity index (χ0) is 19.8. The number of carbonyl (C=O) groups excluding carboxylic acids is 1. The summed E-state index contributed by atoms with van der Waals surface area (Å²) < 4.78 is 12.6. The van der Waals surface area contributed by atoms with Crippen LogP contribution < -0.4 is 9.47 Å². The predicted molar refractivity (Wildman–Crippen MR) is 103 cm³/mol. The molecule has 0 fully saturated rings. The average molecular weight is 390 g/mol. The van der Waals surface area contributed by atoms with E-state index in [0.29, 0.717) is 36.7 Å². The fourth-order valence-electron chi connectivity index (χ4n) is 3.54. The van der Waals surface area contributed by atoms with Crippen LogP contribution in [0.15, 0.2) is 42.7 Å². The fourth-order valence-corrected chi connectivity index (χ4v) is 3.54. The van der Waals surface area contributed by atoms with Crippen molar-refractivity contribution in [2.45, 2.75) is 26.4 Å². The minimum absolute atomic E-state index is 0.0465. The SMILES string of the molecule is CCC(=O)N(Cc1cccnc1)Cc1cc2cc3c(cc2n2nnnc12)OCO3. The second-order valence-corrected chi connectivity index (χ2v) is 6.81. The number of ether oxygens (including phenoxy) is 2. The molecule has 1 aliphatic heterocycles. The number of carbonyl (C=O) groups is 1. The molecule has 0 aliphatic carbocycles. The summed E-state index contributed by atoms with van der Waals surface area (Å²) in [6, 6.07) is 9.61. The van der Waals surface area contributed by atoms with Crippen molar-refractivity contribution >= 4 is 22.5 Å². The largest absolute Gasteiger partial charge is 0.454 e. The van der Waals surface area contributed by atoms with Crippen molar-refractivity contribution in [3.05, 3.63) is 53.9 Å². The van der Waals surface area contributed by atoms with Gasteiger partial charge in [0.25, 0.3) is 0 Å². The van der Waals surface area contributed by atoms with Gasteiger partial charge < -0.3 is 14.4 Å². The van der Waals surface area contributed by atoms with Crippen molar-refractivity contribution in [1.29, 1.82) is 0 Å². The first-order valence-electron chi connectivity index (χ1n) is 9.33. The molecule has 1 aliphatic rings. The zero-order valence-corrected chi connectivity index (χ0v) is 15.8. The molecule has 1 aromatic carbocycles. The highest BCUT2D eigenvalue weighted by Crippen LogP contribution is 2.36. The third-order valence-corrected chi connectivity index (χ3v) is 4.95. The first-order valence-corrected chi connectivity index (χ1v) is 9.33. The lowest BCUT2D eigenvalue weighted by Crippen LogP contribution is -2.29. The number of rotatable bonds is 5. The summed E-state index contributed by atoms with van der Waals surface area (Å²) in [7, 11) is 0. The molecule has 4 heterocycles. The molecule has 0 unspecified atom stereocenters. The number of hydrogen-bond donors (Lipinski definition) is 0. The molecule has 0 atom stereocenters. The molecule has 1 amide bonds. The van der Waals surface area contributed by atoms with E-state index in [4.69, 9.17) is 9.47 Å². The summed E-state index contributed by atoms with van der Waals surface area (Å²) in [5.41, 5.74) is 3.25. The van der Waals surface area contributed by atoms with Crippen molar-refractivity contribution in [1.82, 2.24) is 29.9 Å². The Morgan fingerprint density at radius 1 is 1.21 bits per heavy atom. The summed E-state index contributed by atoms with van der Waals surface area (Å²) >= 11 is 0. The Bertz CT molecular complexity index is 1210. The van der Waals surface area contributed by atoms with Gasteiger partial charge in [0.05, 0.1) is 5.52 Å². The first kappa shape index (κ1) is 17.4. The highest BCUT2D eigenvalue weighted by atomic mass is 16.7. The predicted octanol–water partition coefficient (Wildman–Crippen LogP) is 2.34. The van der Waals surface area contributed by atoms with Crippen LogP contribution in [-0.2, 0) is 17.9 Å². The number of aromatic nitrogens is 5. The van der Waals surface area contributed by atoms with Crippen LogP contribution in [0.25, 0.3) is 16.6 Å². The Hall–Kier alpha value is -3.75. The van der Waals surface area contributed by atoms with Gasteiger partial charge in [-0.2, -0.15) is 4.52 Å². The number of pyridine rings is 2. The molecule has 0 saturated carbocycles. The Balaban J connectivity index is 1.58. The Kier molecular flexibility index (Phi) is 4.19. The average Bonchev–Trinajstić information content (AvgIpc) is 3.41. The smallest absolute Gasteiger partial charge is 0.231 e. The van der Waals surface area contributed by atoms with Crippen LogP contribution in [0, 0.1) is 0 Å². The van der Waals surface area contributed by atoms with Gasteiger partial charge in [-0.3, -0.25) is 9.78 Å². The van der Waals surface area contributed by atoms with Crippen LogP contribution in [0.1, 0.15) is 24.5 Å². The molecule has 0 saturated heterocycles. The number of benzene rings is 1. The quantitative estimate of drug-likeness (QED) is 0.516. The monoisotopic (exact) mass is 390 g/mol. The molecule has 9 nitrogen and oxygen atoms in total. The molecule has 3 aromatic heterocycles. The summed E-state index contributed by atoms with van der Waals surface area (Å²) in [5.74, 6) is 1.40. The van der Waals surface area contributed by atoms with Crippen LogP contribution >= 0.6 is 0 Å². The third kappa shape index (κ3) is 3.10. The van der Waals surface area contributed by atoms with Crippen LogP contribution in [0.3, 0.4) is 0 Å². The van der Waals surface area contributed by atoms with E-state index >= 15 is 0 Å². The Morgan fingerprint density at radius 2 is 2.07 bits per heavy atom. The number of amides is 1. The first-order chi connectivity index (χ1) is 14.2. The number of tetrazole rings is 1. The molecule has 9 heteroatoms. The number of fused-ring (bicyclic) bond motifs is 4. The van der Waals surface area contributed by atoms with Crippen LogP contribution in [0.2, 0.25) is 0 Å². The van der Waals surface area contributed by atoms with E-state index in [1.54, 1.807) is 21.8 Å². The molecular formula is C20H18N6O3. The maximum Gasteiger partial charge on any atom is 0.231 e. The topological polar surface area (TPSA) is 94.7 Å². The van der Waals surface area contributed by atoms with Gasteiger partial charge in [-0.1, -0.05) is 13.0 Å². The van der Waals surface area contributed by atoms with Gasteiger partial charge in [-0.15, -0.1) is 5.10 Å². The third-order valence-electron chi connectivity index (χ3n) is 4.95. The molecule has 0 N–H and O–H groups in total. The normalized spacial score (nSPS) is 12.6. The van der Waals surface area contributed by atoms with Crippen LogP contribution in [0.5, 0.6) is 11.5 Å². The van der Waals surface area contributed by atoms with Crippen molar-refractivity contribution < 1.29 is 14.3 Å². The molecule has 0 bridgehead atoms. The van der Waals surface area contributed by atoms with Crippen LogP contribution in [-0.4, -0.2) is 42.6 Å². The van der Waals surface area contributed by atoms with Gasteiger partial charge in [0.15, 0.2) is 17.1 Å². The van der Waals surface area contributed by atoms with Crippen molar-refractivity contribution in [2.24, 2.45) is 0 Å². The summed E-state index contributed by atoms with van der Waals surface area (Å²) in [5, 5.41) is 13.1. The van der Waals surface area contributed by atoms with E-state index in [-0.39, 0.29) is 12.7 Å². The Morgan fingerprint density at radius 3 is 2.86 bits per heavy atom. The summed E-state index contributed by atoms with van der Waals surface area (Å²) in [6.45, 7) is 2.90. The van der Waals surface area contributed by atoms with E-state index in [1.807, 2.05) is 37.3 Å². The van der Waals surface area contributed by atoms with Crippen molar-refractivity contribution in [3.8, 4) is 11.5 Å². The van der Waals surface area contributed by atoms with E-state index in [2.05, 4.69) is 20.5 Å². The second kappa shape index (κ2) is 7.01. The fraction of sp³-hybridized carbons (Fsp3) is 0.250. The minimum Gasteiger partial charge on any atom is -0.454 e. The summed E-state index contributed by atoms with van der Waals surface area (Å²) in [6.07, 6.45) is 3.90. The highest BCUT2D eigenvalue weighted by molar-refractivity contribution is 5.87. The highest BCUT2D eigenvalue weighted by Gasteiger charge is 2.20. The van der Waals surface area contributed by atoms with E-state index < -0.39 is 0 Å². The molecule has 0 radical (unpaired) electrons. The minimum atomic E-state index is 0.0465. The lowest BCUT2D eigenvalue weighted by molar-refractivity contribution is -0.132. The Labute approximate surface area is 165 Å². The van der Waals surface area contributed by atoms with Crippen molar-refractivity contribution in [2.75, 3.05) is 6.79 Å². The van der Waals surface area contributed by atoms with E-state index in [9.17, 15) is 4.79 Å². The van der Waals surface area contributed by atoms with Gasteiger partial charge in [0.2, 0.25) is 12.7 Å². The molecule has 0 spiro atoms. The van der Waals surface area contributed by atoms with Gasteiger partial charge in [0, 0.05) is 48.9 Å². The molecule has 4 aromatic rings. The molecule has 29 heavy (non-hydrogen) atoms. The van der Waals surface area contributed by atoms with Gasteiger partial charge >= 0.3 is 0 Å². The maximum absolute atomic E-state index is 12.6. The number of nitrogens with zero attached hydrogens (tertiary/aromatic N) is 6. The summed E-state index contributed by atoms with van der Waals surface area (Å²) in [4.78, 5) is 18.6. The van der Waals surface area contributed by atoms with E-state index in [0.717, 1.165) is 22.0 Å². The molecule has 5 rings (SSSR count). The van der Waals surface area contributed by atoms with E-state index in [1.165, 1.54) is 0 Å². The van der Waals surface area contributed by atoms with Crippen LogP contribution in [0.4, 0.5) is 0 Å². The van der Waals surface area contributed by atoms with Gasteiger partial charge in [-0.05, 0) is 34.2 Å². The van der Waals surface area contributed by atoms with Crippen molar-refractivity contribution in [3.63, 3.8) is 0 Å².